The number of rotatable bonds is 2. The number of thioether (sulfide) groups is 1. The second-order valence-electron chi connectivity index (χ2n) is 3.13. The number of nitriles is 1. The molecule has 1 N–H and O–H groups in total. The summed E-state index contributed by atoms with van der Waals surface area (Å²) in [7, 11) is 1.55. The topological polar surface area (TPSA) is 57.4 Å². The lowest BCUT2D eigenvalue weighted by Gasteiger charge is -2.08. The number of benzene rings is 1. The fraction of sp³-hybridized carbons (Fsp3) is 0.273. The van der Waals surface area contributed by atoms with E-state index in [0.29, 0.717) is 21.6 Å². The summed E-state index contributed by atoms with van der Waals surface area (Å²) in [6.07, 6.45) is 3.67. The third kappa shape index (κ3) is 3.55. The highest BCUT2D eigenvalue weighted by Crippen LogP contribution is 2.33. The molecule has 6 heteroatoms. The molecule has 0 fully saturated rings. The van der Waals surface area contributed by atoms with Gasteiger partial charge in [-0.25, -0.2) is 4.99 Å². The molecule has 90 valence electrons. The van der Waals surface area contributed by atoms with Crippen LogP contribution in [0.3, 0.4) is 0 Å². The third-order valence-electron chi connectivity index (χ3n) is 2.04. The molecule has 0 bridgehead atoms. The summed E-state index contributed by atoms with van der Waals surface area (Å²) < 4.78 is 5.19. The lowest BCUT2D eigenvalue weighted by atomic mass is 10.2. The minimum Gasteiger partial charge on any atom is -0.494 e. The number of aliphatic imine (C=N–C) groups is 1. The Hall–Kier alpha value is -1.38. The van der Waals surface area contributed by atoms with Crippen molar-refractivity contribution in [2.45, 2.75) is 6.92 Å². The smallest absolute Gasteiger partial charge is 0.183 e. The molecule has 0 unspecified atom stereocenters. The van der Waals surface area contributed by atoms with Gasteiger partial charge < -0.3 is 4.74 Å². The summed E-state index contributed by atoms with van der Waals surface area (Å²) in [5.41, 5.74) is 1.55. The minimum absolute atomic E-state index is 0.507. The van der Waals surface area contributed by atoms with Crippen LogP contribution in [0.2, 0.25) is 5.02 Å². The van der Waals surface area contributed by atoms with Crippen molar-refractivity contribution in [1.82, 2.24) is 5.32 Å². The van der Waals surface area contributed by atoms with Crippen LogP contribution in [0.4, 0.5) is 5.69 Å². The van der Waals surface area contributed by atoms with Gasteiger partial charge in [0.2, 0.25) is 0 Å². The van der Waals surface area contributed by atoms with Crippen LogP contribution in [-0.2, 0) is 0 Å². The number of aryl methyl sites for hydroxylation is 1. The Kier molecular flexibility index (Phi) is 5.13. The Bertz CT molecular complexity index is 482. The molecule has 0 aliphatic heterocycles. The molecular formula is C11H12ClN3OS. The van der Waals surface area contributed by atoms with Gasteiger partial charge in [0.1, 0.15) is 11.4 Å². The third-order valence-corrected chi connectivity index (χ3v) is 3.03. The molecule has 0 amide bonds. The molecule has 1 aromatic rings. The van der Waals surface area contributed by atoms with Gasteiger partial charge in [-0.1, -0.05) is 23.4 Å². The maximum absolute atomic E-state index is 8.56. The fourth-order valence-electron chi connectivity index (χ4n) is 1.18. The first-order valence-electron chi connectivity index (χ1n) is 4.74. The first-order chi connectivity index (χ1) is 8.12. The average molecular weight is 270 g/mol. The Balaban J connectivity index is 3.21. The first-order valence-corrected chi connectivity index (χ1v) is 6.34. The predicted octanol–water partition coefficient (Wildman–Crippen LogP) is 3.08. The summed E-state index contributed by atoms with van der Waals surface area (Å²) in [4.78, 5) is 4.30. The number of amidine groups is 1. The van der Waals surface area contributed by atoms with Gasteiger partial charge in [-0.05, 0) is 24.8 Å². The zero-order valence-electron chi connectivity index (χ0n) is 9.74. The molecular weight excluding hydrogens is 258 g/mol. The van der Waals surface area contributed by atoms with E-state index in [1.807, 2.05) is 25.4 Å². The predicted molar refractivity (Wildman–Crippen MR) is 72.1 cm³/mol. The van der Waals surface area contributed by atoms with E-state index < -0.39 is 0 Å². The highest BCUT2D eigenvalue weighted by atomic mass is 35.5. The van der Waals surface area contributed by atoms with Crippen molar-refractivity contribution in [3.05, 3.63) is 22.7 Å². The van der Waals surface area contributed by atoms with Crippen molar-refractivity contribution in [1.29, 1.82) is 5.26 Å². The molecule has 1 aromatic carbocycles. The second-order valence-corrected chi connectivity index (χ2v) is 4.33. The first kappa shape index (κ1) is 13.7. The molecule has 0 atom stereocenters. The van der Waals surface area contributed by atoms with Crippen molar-refractivity contribution in [2.75, 3.05) is 13.4 Å². The molecule has 4 nitrogen and oxygen atoms in total. The summed E-state index contributed by atoms with van der Waals surface area (Å²) in [5.74, 6) is 0.576. The van der Waals surface area contributed by atoms with E-state index in [9.17, 15) is 0 Å². The number of hydrogen-bond donors (Lipinski definition) is 1. The van der Waals surface area contributed by atoms with Gasteiger partial charge in [-0.15, -0.1) is 0 Å². The van der Waals surface area contributed by atoms with Crippen LogP contribution in [0.25, 0.3) is 0 Å². The maximum atomic E-state index is 8.56. The Morgan fingerprint density at radius 2 is 2.29 bits per heavy atom. The van der Waals surface area contributed by atoms with Crippen LogP contribution in [0.15, 0.2) is 17.1 Å². The van der Waals surface area contributed by atoms with Crippen molar-refractivity contribution in [3.8, 4) is 11.9 Å². The fourth-order valence-corrected chi connectivity index (χ4v) is 1.67. The molecule has 0 aliphatic rings. The van der Waals surface area contributed by atoms with E-state index in [-0.39, 0.29) is 0 Å². The lowest BCUT2D eigenvalue weighted by molar-refractivity contribution is 0.416. The summed E-state index contributed by atoms with van der Waals surface area (Å²) in [6, 6.07) is 3.52. The molecule has 0 heterocycles. The summed E-state index contributed by atoms with van der Waals surface area (Å²) >= 11 is 7.34. The second kappa shape index (κ2) is 6.38. The van der Waals surface area contributed by atoms with E-state index in [0.717, 1.165) is 5.56 Å². The van der Waals surface area contributed by atoms with E-state index in [2.05, 4.69) is 10.3 Å². The molecule has 0 aromatic heterocycles. The Morgan fingerprint density at radius 1 is 1.59 bits per heavy atom. The molecule has 0 aliphatic carbocycles. The minimum atomic E-state index is 0.507. The van der Waals surface area contributed by atoms with Crippen molar-refractivity contribution >= 4 is 34.2 Å². The SMILES string of the molecule is COc1cc(Cl)c(C)cc1N=C(NC#N)SC. The van der Waals surface area contributed by atoms with E-state index in [1.54, 1.807) is 13.2 Å². The van der Waals surface area contributed by atoms with Crippen LogP contribution in [0, 0.1) is 18.4 Å². The monoisotopic (exact) mass is 269 g/mol. The van der Waals surface area contributed by atoms with Crippen molar-refractivity contribution in [3.63, 3.8) is 0 Å². The zero-order valence-corrected chi connectivity index (χ0v) is 11.3. The molecule has 0 spiro atoms. The van der Waals surface area contributed by atoms with Crippen LogP contribution in [-0.4, -0.2) is 18.5 Å². The number of methoxy groups -OCH3 is 1. The van der Waals surface area contributed by atoms with Gasteiger partial charge in [-0.3, -0.25) is 5.32 Å². The molecule has 0 saturated heterocycles. The van der Waals surface area contributed by atoms with Gasteiger partial charge in [-0.2, -0.15) is 5.26 Å². The van der Waals surface area contributed by atoms with E-state index in [4.69, 9.17) is 21.6 Å². The molecule has 0 radical (unpaired) electrons. The van der Waals surface area contributed by atoms with Crippen LogP contribution in [0.5, 0.6) is 5.75 Å². The van der Waals surface area contributed by atoms with Crippen LogP contribution < -0.4 is 10.1 Å². The number of ether oxygens (including phenoxy) is 1. The van der Waals surface area contributed by atoms with E-state index >= 15 is 0 Å². The normalized spacial score (nSPS) is 10.9. The lowest BCUT2D eigenvalue weighted by Crippen LogP contribution is -2.12. The Labute approximate surface area is 110 Å². The van der Waals surface area contributed by atoms with Crippen molar-refractivity contribution < 1.29 is 4.74 Å². The number of nitrogens with one attached hydrogen (secondary N) is 1. The van der Waals surface area contributed by atoms with Gasteiger partial charge in [0.05, 0.1) is 7.11 Å². The Morgan fingerprint density at radius 3 is 2.82 bits per heavy atom. The zero-order chi connectivity index (χ0) is 12.8. The summed E-state index contributed by atoms with van der Waals surface area (Å²) in [6.45, 7) is 1.89. The summed E-state index contributed by atoms with van der Waals surface area (Å²) in [5, 5.41) is 12.2. The van der Waals surface area contributed by atoms with Gasteiger partial charge in [0.15, 0.2) is 11.4 Å². The number of halogens is 1. The average Bonchev–Trinajstić information content (AvgIpc) is 2.32. The number of nitrogens with zero attached hydrogens (tertiary/aromatic N) is 2. The largest absolute Gasteiger partial charge is 0.494 e. The van der Waals surface area contributed by atoms with Crippen molar-refractivity contribution in [2.24, 2.45) is 4.99 Å². The maximum Gasteiger partial charge on any atom is 0.183 e. The molecule has 0 saturated carbocycles. The molecule has 1 rings (SSSR count). The van der Waals surface area contributed by atoms with Gasteiger partial charge in [0.25, 0.3) is 0 Å². The highest BCUT2D eigenvalue weighted by molar-refractivity contribution is 8.13. The van der Waals surface area contributed by atoms with Gasteiger partial charge >= 0.3 is 0 Å². The standard InChI is InChI=1S/C11H12ClN3OS/c1-7-4-9(10(16-2)5-8(7)12)15-11(17-3)14-6-13/h4-5H,1-3H3,(H,14,15). The quantitative estimate of drug-likeness (QED) is 0.388. The van der Waals surface area contributed by atoms with Crippen LogP contribution in [0.1, 0.15) is 5.56 Å². The highest BCUT2D eigenvalue weighted by Gasteiger charge is 2.07. The van der Waals surface area contributed by atoms with Gasteiger partial charge in [0, 0.05) is 11.1 Å². The molecule has 17 heavy (non-hydrogen) atoms. The number of hydrogen-bond acceptors (Lipinski definition) is 4. The van der Waals surface area contributed by atoms with E-state index in [1.165, 1.54) is 11.8 Å². The van der Waals surface area contributed by atoms with Crippen LogP contribution >= 0.6 is 23.4 Å².